The lowest BCUT2D eigenvalue weighted by atomic mass is 9.80. The van der Waals surface area contributed by atoms with Gasteiger partial charge in [-0.1, -0.05) is 0 Å². The van der Waals surface area contributed by atoms with E-state index < -0.39 is 72.6 Å². The Balaban J connectivity index is 2.77. The molecule has 2 aromatic carbocycles. The van der Waals surface area contributed by atoms with Crippen molar-refractivity contribution in [2.75, 3.05) is 6.54 Å². The number of halogens is 6. The molecule has 0 aromatic heterocycles. The quantitative estimate of drug-likeness (QED) is 0.247. The summed E-state index contributed by atoms with van der Waals surface area (Å²) >= 11 is 0. The number of hydrogen-bond acceptors (Lipinski definition) is 8. The Bertz CT molecular complexity index is 1010. The molecule has 0 heterocycles. The number of ether oxygens (including phenoxy) is 2. The summed E-state index contributed by atoms with van der Waals surface area (Å²) in [6.45, 7) is -0.966. The van der Waals surface area contributed by atoms with Crippen molar-refractivity contribution in [1.29, 1.82) is 0 Å². The van der Waals surface area contributed by atoms with Gasteiger partial charge in [0.1, 0.15) is 18.0 Å². The smallest absolute Gasteiger partial charge is 0.480 e. The van der Waals surface area contributed by atoms with Crippen LogP contribution in [0.2, 0.25) is 0 Å². The number of carboxylic acid groups (broad SMARTS) is 1. The number of benzene rings is 2. The van der Waals surface area contributed by atoms with E-state index in [4.69, 9.17) is 5.11 Å². The van der Waals surface area contributed by atoms with E-state index in [1.807, 2.05) is 0 Å². The van der Waals surface area contributed by atoms with Gasteiger partial charge in [0.15, 0.2) is 0 Å². The van der Waals surface area contributed by atoms with Crippen LogP contribution < -0.4 is 20.4 Å². The van der Waals surface area contributed by atoms with Gasteiger partial charge in [-0.3, -0.25) is 4.79 Å². The third-order valence-corrected chi connectivity index (χ3v) is 5.40. The minimum atomic E-state index is -5.21. The van der Waals surface area contributed by atoms with Crippen molar-refractivity contribution in [2.24, 2.45) is 4.36 Å². The van der Waals surface area contributed by atoms with E-state index in [0.717, 1.165) is 12.1 Å². The zero-order chi connectivity index (χ0) is 25.8. The van der Waals surface area contributed by atoms with E-state index in [-0.39, 0.29) is 9.79 Å². The first-order valence-corrected chi connectivity index (χ1v) is 9.89. The first kappa shape index (κ1) is 27.5. The number of carboxylic acids is 1. The van der Waals surface area contributed by atoms with E-state index >= 15 is 0 Å². The summed E-state index contributed by atoms with van der Waals surface area (Å²) in [4.78, 5) is 10.4. The highest BCUT2D eigenvalue weighted by Crippen LogP contribution is 2.29. The first-order chi connectivity index (χ1) is 15.5. The average Bonchev–Trinajstić information content (AvgIpc) is 2.64. The summed E-state index contributed by atoms with van der Waals surface area (Å²) in [5.74, 6) is -3.42. The first-order valence-electron chi connectivity index (χ1n) is 8.71. The molecule has 2 aromatic rings. The predicted octanol–water partition coefficient (Wildman–Crippen LogP) is 0.148. The molecule has 0 saturated carbocycles. The van der Waals surface area contributed by atoms with Gasteiger partial charge < -0.3 is 34.7 Å². The normalized spacial score (nSPS) is 11.9. The highest BCUT2D eigenvalue weighted by molar-refractivity contribution is 7.87. The van der Waals surface area contributed by atoms with Crippen LogP contribution in [0.15, 0.2) is 50.6 Å². The third kappa shape index (κ3) is 8.53. The van der Waals surface area contributed by atoms with Crippen molar-refractivity contribution in [2.45, 2.75) is 22.5 Å². The molecule has 0 amide bonds. The number of carbonyl (C=O) groups is 1. The van der Waals surface area contributed by atoms with Crippen LogP contribution in [-0.2, 0) is 15.5 Å². The van der Waals surface area contributed by atoms with E-state index in [2.05, 4.69) is 13.8 Å². The minimum absolute atomic E-state index is 0.325. The van der Waals surface area contributed by atoms with Gasteiger partial charge in [-0.25, -0.2) is 4.36 Å². The molecule has 18 heteroatoms. The fourth-order valence-corrected chi connectivity index (χ4v) is 4.26. The van der Waals surface area contributed by atoms with Gasteiger partial charge >= 0.3 is 32.9 Å². The number of rotatable bonds is 8. The number of hydrogen-bond donors (Lipinski definition) is 5. The second-order valence-electron chi connectivity index (χ2n) is 6.28. The van der Waals surface area contributed by atoms with Crippen molar-refractivity contribution in [3.05, 3.63) is 36.4 Å². The molecule has 0 aliphatic carbocycles. The zero-order valence-electron chi connectivity index (χ0n) is 16.4. The number of alkyl halides is 6. The Hall–Kier alpha value is -2.79. The summed E-state index contributed by atoms with van der Waals surface area (Å²) in [5, 5.41) is 46.6. The van der Waals surface area contributed by atoms with Crippen LogP contribution in [0.1, 0.15) is 0 Å². The molecule has 34 heavy (non-hydrogen) atoms. The summed E-state index contributed by atoms with van der Waals surface area (Å²) < 4.78 is 87.6. The molecule has 0 fully saturated rings. The standard InChI is InChI=1S/C16H13B2F6NO8S/c19-15(20,21)32-10-1-8(17(28)29)3-12(5-10)34(25-7-14(26)27)13-4-9(18(30)31)2-11(6-13)33-16(22,23)24/h1-6,28-31H,7H2,(H,26,27). The molecule has 184 valence electrons. The maximum atomic E-state index is 12.7. The highest BCUT2D eigenvalue weighted by atomic mass is 32.2. The van der Waals surface area contributed by atoms with Crippen molar-refractivity contribution >= 4 is 41.8 Å². The Kier molecular flexibility index (Phi) is 8.59. The monoisotopic (exact) mass is 515 g/mol. The molecule has 0 aliphatic rings. The van der Waals surface area contributed by atoms with Crippen LogP contribution in [-0.4, -0.2) is 64.7 Å². The van der Waals surface area contributed by atoms with Crippen LogP contribution in [0.3, 0.4) is 0 Å². The van der Waals surface area contributed by atoms with Gasteiger partial charge in [0.05, 0.1) is 0 Å². The van der Waals surface area contributed by atoms with Crippen LogP contribution in [0.4, 0.5) is 26.3 Å². The molecule has 0 atom stereocenters. The van der Waals surface area contributed by atoms with E-state index in [0.29, 0.717) is 24.3 Å². The maximum absolute atomic E-state index is 12.7. The van der Waals surface area contributed by atoms with E-state index in [9.17, 15) is 51.2 Å². The maximum Gasteiger partial charge on any atom is 0.573 e. The zero-order valence-corrected chi connectivity index (χ0v) is 17.2. The fourth-order valence-electron chi connectivity index (χ4n) is 2.50. The molecular weight excluding hydrogens is 502 g/mol. The minimum Gasteiger partial charge on any atom is -0.480 e. The molecule has 0 spiro atoms. The second-order valence-corrected chi connectivity index (χ2v) is 8.05. The Morgan fingerprint density at radius 2 is 1.18 bits per heavy atom. The number of nitrogens with zero attached hydrogens (tertiary/aromatic N) is 1. The average molecular weight is 515 g/mol. The van der Waals surface area contributed by atoms with Crippen molar-refractivity contribution in [3.63, 3.8) is 0 Å². The van der Waals surface area contributed by atoms with Gasteiger partial charge in [0.2, 0.25) is 0 Å². The molecule has 9 nitrogen and oxygen atoms in total. The Morgan fingerprint density at radius 1 is 0.794 bits per heavy atom. The summed E-state index contributed by atoms with van der Waals surface area (Å²) in [6.07, 6.45) is -10.4. The molecule has 0 aliphatic heterocycles. The SMILES string of the molecule is O=C(O)CN=S(c1cc(OC(F)(F)F)cc(B(O)O)c1)c1cc(OC(F)(F)F)cc(B(O)O)c1. The second kappa shape index (κ2) is 10.6. The summed E-state index contributed by atoms with van der Waals surface area (Å²) in [7, 11) is -6.62. The largest absolute Gasteiger partial charge is 0.573 e. The van der Waals surface area contributed by atoms with E-state index in [1.54, 1.807) is 0 Å². The van der Waals surface area contributed by atoms with Crippen molar-refractivity contribution in [3.8, 4) is 11.5 Å². The predicted molar refractivity (Wildman–Crippen MR) is 105 cm³/mol. The molecule has 0 unspecified atom stereocenters. The van der Waals surface area contributed by atoms with Crippen LogP contribution in [0.25, 0.3) is 0 Å². The number of aliphatic carboxylic acids is 1. The van der Waals surface area contributed by atoms with Crippen LogP contribution in [0.5, 0.6) is 11.5 Å². The lowest BCUT2D eigenvalue weighted by Gasteiger charge is -2.17. The van der Waals surface area contributed by atoms with E-state index in [1.165, 1.54) is 0 Å². The van der Waals surface area contributed by atoms with Crippen LogP contribution >= 0.6 is 0 Å². The molecule has 2 rings (SSSR count). The highest BCUT2D eigenvalue weighted by Gasteiger charge is 2.33. The van der Waals surface area contributed by atoms with Gasteiger partial charge in [0, 0.05) is 9.79 Å². The Labute approximate surface area is 189 Å². The van der Waals surface area contributed by atoms with Crippen molar-refractivity contribution in [1.82, 2.24) is 0 Å². The van der Waals surface area contributed by atoms with Gasteiger partial charge in [0.25, 0.3) is 0 Å². The fraction of sp³-hybridized carbons (Fsp3) is 0.188. The van der Waals surface area contributed by atoms with Crippen LogP contribution in [0, 0.1) is 0 Å². The lowest BCUT2D eigenvalue weighted by Crippen LogP contribution is -2.31. The summed E-state index contributed by atoms with van der Waals surface area (Å²) in [6, 6.07) is 4.47. The molecule has 0 bridgehead atoms. The molecular formula is C16H13B2F6NO8S. The lowest BCUT2D eigenvalue weighted by molar-refractivity contribution is -0.275. The third-order valence-electron chi connectivity index (χ3n) is 3.64. The molecule has 0 radical (unpaired) electrons. The Morgan fingerprint density at radius 3 is 1.47 bits per heavy atom. The van der Waals surface area contributed by atoms with Gasteiger partial charge in [-0.15, -0.1) is 26.3 Å². The van der Waals surface area contributed by atoms with Gasteiger partial charge in [-0.2, -0.15) is 0 Å². The van der Waals surface area contributed by atoms with Crippen molar-refractivity contribution < 1.29 is 65.8 Å². The molecule has 0 saturated heterocycles. The van der Waals surface area contributed by atoms with Gasteiger partial charge in [-0.05, 0) is 58.0 Å². The summed E-state index contributed by atoms with van der Waals surface area (Å²) in [5.41, 5.74) is -1.07. The molecule has 5 N–H and O–H groups in total. The topological polar surface area (TPSA) is 149 Å².